The molecule has 0 bridgehead atoms. The molecule has 3 aromatic rings. The maximum Gasteiger partial charge on any atom is 0.0471 e. The standard InChI is InChI=1S/C24H25O3/c25-14-11-18-7-9-20(10-8-18)23-6-2-4-21(13-16-27)24(23)22-5-1-3-19(17-22)12-15-26/h1-3,5-10,17,25-27H,11-16H2. The van der Waals surface area contributed by atoms with Gasteiger partial charge >= 0.3 is 0 Å². The van der Waals surface area contributed by atoms with Gasteiger partial charge in [0, 0.05) is 19.8 Å². The molecule has 0 aromatic heterocycles. The van der Waals surface area contributed by atoms with Crippen LogP contribution in [-0.2, 0) is 19.3 Å². The third kappa shape index (κ3) is 4.64. The summed E-state index contributed by atoms with van der Waals surface area (Å²) in [4.78, 5) is 0. The molecule has 0 aliphatic rings. The fourth-order valence-electron chi connectivity index (χ4n) is 3.41. The van der Waals surface area contributed by atoms with Crippen molar-refractivity contribution in [3.8, 4) is 22.3 Å². The summed E-state index contributed by atoms with van der Waals surface area (Å²) in [6.45, 7) is 0.328. The van der Waals surface area contributed by atoms with Crippen LogP contribution in [0.1, 0.15) is 16.7 Å². The summed E-state index contributed by atoms with van der Waals surface area (Å²) in [6, 6.07) is 23.7. The molecule has 139 valence electrons. The van der Waals surface area contributed by atoms with E-state index in [1.54, 1.807) is 0 Å². The summed E-state index contributed by atoms with van der Waals surface area (Å²) < 4.78 is 0. The Kier molecular flexibility index (Phi) is 6.77. The highest BCUT2D eigenvalue weighted by Crippen LogP contribution is 2.35. The lowest BCUT2D eigenvalue weighted by atomic mass is 9.88. The van der Waals surface area contributed by atoms with Gasteiger partial charge in [-0.25, -0.2) is 0 Å². The number of hydrogen-bond acceptors (Lipinski definition) is 3. The monoisotopic (exact) mass is 361 g/mol. The summed E-state index contributed by atoms with van der Waals surface area (Å²) >= 11 is 0. The highest BCUT2D eigenvalue weighted by atomic mass is 16.3. The average molecular weight is 361 g/mol. The van der Waals surface area contributed by atoms with Gasteiger partial charge in [0.25, 0.3) is 0 Å². The topological polar surface area (TPSA) is 60.7 Å². The van der Waals surface area contributed by atoms with Crippen LogP contribution in [0.3, 0.4) is 0 Å². The predicted octanol–water partition coefficient (Wildman–Crippen LogP) is 3.43. The predicted molar refractivity (Wildman–Crippen MR) is 109 cm³/mol. The summed E-state index contributed by atoms with van der Waals surface area (Å²) in [5, 5.41) is 27.9. The lowest BCUT2D eigenvalue weighted by molar-refractivity contribution is 0.299. The largest absolute Gasteiger partial charge is 0.396 e. The third-order valence-electron chi connectivity index (χ3n) is 4.72. The minimum atomic E-state index is 0.0682. The SMILES string of the molecule is OCCc1ccc(-c2cc[c]c(CCO)c2-c2cccc(CCO)c2)cc1. The first-order valence-electron chi connectivity index (χ1n) is 9.31. The first kappa shape index (κ1) is 19.3. The normalized spacial score (nSPS) is 10.9. The van der Waals surface area contributed by atoms with Crippen LogP contribution in [0.15, 0.2) is 60.7 Å². The van der Waals surface area contributed by atoms with Crippen molar-refractivity contribution in [1.82, 2.24) is 0 Å². The molecule has 3 nitrogen and oxygen atoms in total. The van der Waals surface area contributed by atoms with Crippen LogP contribution < -0.4 is 0 Å². The molecule has 0 saturated carbocycles. The van der Waals surface area contributed by atoms with Gasteiger partial charge in [-0.1, -0.05) is 60.7 Å². The minimum Gasteiger partial charge on any atom is -0.396 e. The number of benzene rings is 3. The molecule has 0 amide bonds. The molecule has 3 N–H and O–H groups in total. The molecule has 3 rings (SSSR count). The lowest BCUT2D eigenvalue weighted by Crippen LogP contribution is -1.98. The van der Waals surface area contributed by atoms with E-state index < -0.39 is 0 Å². The first-order valence-corrected chi connectivity index (χ1v) is 9.31. The quantitative estimate of drug-likeness (QED) is 0.576. The Morgan fingerprint density at radius 2 is 1.37 bits per heavy atom. The second-order valence-electron chi connectivity index (χ2n) is 6.56. The number of hydrogen-bond donors (Lipinski definition) is 3. The molecule has 0 fully saturated rings. The zero-order valence-electron chi connectivity index (χ0n) is 15.4. The summed E-state index contributed by atoms with van der Waals surface area (Å²) in [7, 11) is 0. The van der Waals surface area contributed by atoms with Crippen molar-refractivity contribution in [2.75, 3.05) is 19.8 Å². The van der Waals surface area contributed by atoms with Crippen LogP contribution in [0.5, 0.6) is 0 Å². The van der Waals surface area contributed by atoms with Gasteiger partial charge in [0.2, 0.25) is 0 Å². The molecule has 0 heterocycles. The Balaban J connectivity index is 2.11. The van der Waals surface area contributed by atoms with E-state index in [4.69, 9.17) is 5.11 Å². The van der Waals surface area contributed by atoms with Crippen molar-refractivity contribution in [1.29, 1.82) is 0 Å². The number of aliphatic hydroxyl groups is 3. The third-order valence-corrected chi connectivity index (χ3v) is 4.72. The molecule has 0 aliphatic carbocycles. The van der Waals surface area contributed by atoms with Crippen molar-refractivity contribution in [3.63, 3.8) is 0 Å². The molecular weight excluding hydrogens is 336 g/mol. The zero-order chi connectivity index (χ0) is 19.1. The lowest BCUT2D eigenvalue weighted by Gasteiger charge is -2.16. The van der Waals surface area contributed by atoms with Gasteiger partial charge in [-0.05, 0) is 64.3 Å². The molecule has 0 saturated heterocycles. The van der Waals surface area contributed by atoms with E-state index >= 15 is 0 Å². The molecule has 3 heteroatoms. The van der Waals surface area contributed by atoms with E-state index in [9.17, 15) is 10.2 Å². The highest BCUT2D eigenvalue weighted by Gasteiger charge is 2.13. The van der Waals surface area contributed by atoms with Crippen LogP contribution >= 0.6 is 0 Å². The van der Waals surface area contributed by atoms with E-state index in [0.717, 1.165) is 38.9 Å². The number of aliphatic hydroxyl groups excluding tert-OH is 3. The van der Waals surface area contributed by atoms with Crippen molar-refractivity contribution >= 4 is 0 Å². The molecule has 3 aromatic carbocycles. The zero-order valence-corrected chi connectivity index (χ0v) is 15.4. The smallest absolute Gasteiger partial charge is 0.0471 e. The van der Waals surface area contributed by atoms with Gasteiger partial charge in [0.05, 0.1) is 0 Å². The Bertz CT molecular complexity index is 869. The van der Waals surface area contributed by atoms with Crippen molar-refractivity contribution in [2.24, 2.45) is 0 Å². The maximum absolute atomic E-state index is 9.51. The van der Waals surface area contributed by atoms with Gasteiger partial charge < -0.3 is 15.3 Å². The highest BCUT2D eigenvalue weighted by molar-refractivity contribution is 5.86. The van der Waals surface area contributed by atoms with E-state index in [1.165, 1.54) is 0 Å². The summed E-state index contributed by atoms with van der Waals surface area (Å²) in [6.07, 6.45) is 1.80. The second kappa shape index (κ2) is 9.47. The Hall–Kier alpha value is -2.46. The van der Waals surface area contributed by atoms with E-state index in [1.807, 2.05) is 30.3 Å². The molecule has 1 radical (unpaired) electrons. The number of rotatable bonds is 8. The van der Waals surface area contributed by atoms with Crippen LogP contribution in [0.25, 0.3) is 22.3 Å². The Morgan fingerprint density at radius 3 is 2.07 bits per heavy atom. The molecule has 0 spiro atoms. The van der Waals surface area contributed by atoms with E-state index in [0.29, 0.717) is 19.3 Å². The van der Waals surface area contributed by atoms with Gasteiger partial charge in [-0.3, -0.25) is 0 Å². The molecule has 27 heavy (non-hydrogen) atoms. The van der Waals surface area contributed by atoms with Crippen LogP contribution in [-0.4, -0.2) is 35.1 Å². The Labute approximate surface area is 160 Å². The van der Waals surface area contributed by atoms with Gasteiger partial charge in [0.1, 0.15) is 0 Å². The Morgan fingerprint density at radius 1 is 0.667 bits per heavy atom. The molecule has 0 atom stereocenters. The fourth-order valence-corrected chi connectivity index (χ4v) is 3.41. The second-order valence-corrected chi connectivity index (χ2v) is 6.56. The molecule has 0 aliphatic heterocycles. The molecule has 0 unspecified atom stereocenters. The van der Waals surface area contributed by atoms with E-state index in [-0.39, 0.29) is 19.8 Å². The fraction of sp³-hybridized carbons (Fsp3) is 0.250. The van der Waals surface area contributed by atoms with Crippen LogP contribution in [0.4, 0.5) is 0 Å². The maximum atomic E-state index is 9.51. The summed E-state index contributed by atoms with van der Waals surface area (Å²) in [5.41, 5.74) is 7.48. The van der Waals surface area contributed by atoms with Crippen molar-refractivity contribution < 1.29 is 15.3 Å². The average Bonchev–Trinajstić information content (AvgIpc) is 2.69. The van der Waals surface area contributed by atoms with Crippen LogP contribution in [0.2, 0.25) is 0 Å². The van der Waals surface area contributed by atoms with E-state index in [2.05, 4.69) is 36.4 Å². The summed E-state index contributed by atoms with van der Waals surface area (Å²) in [5.74, 6) is 0. The van der Waals surface area contributed by atoms with Crippen molar-refractivity contribution in [3.05, 3.63) is 83.4 Å². The van der Waals surface area contributed by atoms with Gasteiger partial charge in [0.15, 0.2) is 0 Å². The van der Waals surface area contributed by atoms with Crippen molar-refractivity contribution in [2.45, 2.75) is 19.3 Å². The minimum absolute atomic E-state index is 0.0682. The molecular formula is C24H25O3. The van der Waals surface area contributed by atoms with Crippen LogP contribution in [0, 0.1) is 6.07 Å². The van der Waals surface area contributed by atoms with Gasteiger partial charge in [-0.2, -0.15) is 0 Å². The van der Waals surface area contributed by atoms with Gasteiger partial charge in [-0.15, -0.1) is 0 Å². The first-order chi connectivity index (χ1) is 13.3.